The maximum atomic E-state index is 6.43. The monoisotopic (exact) mass is 525 g/mol. The minimum Gasteiger partial charge on any atom is -0.455 e. The lowest BCUT2D eigenvalue weighted by Gasteiger charge is -2.21. The molecule has 0 aliphatic heterocycles. The molecule has 8 aromatic rings. The molecule has 0 saturated heterocycles. The maximum absolute atomic E-state index is 6.43. The smallest absolute Gasteiger partial charge is 0.143 e. The highest BCUT2D eigenvalue weighted by Crippen LogP contribution is 2.51. The summed E-state index contributed by atoms with van der Waals surface area (Å²) in [4.78, 5) is 0. The van der Waals surface area contributed by atoms with E-state index in [2.05, 4.69) is 140 Å². The van der Waals surface area contributed by atoms with Crippen molar-refractivity contribution in [1.29, 1.82) is 0 Å². The fraction of sp³-hybridized carbons (Fsp3) is 0.0769. The van der Waals surface area contributed by atoms with Gasteiger partial charge in [-0.15, -0.1) is 0 Å². The molecule has 0 atom stereocenters. The van der Waals surface area contributed by atoms with Crippen LogP contribution in [0.15, 0.2) is 132 Å². The lowest BCUT2D eigenvalue weighted by atomic mass is 9.82. The third kappa shape index (κ3) is 3.02. The van der Waals surface area contributed by atoms with Crippen LogP contribution >= 0.6 is 0 Å². The van der Waals surface area contributed by atoms with Gasteiger partial charge in [-0.3, -0.25) is 0 Å². The van der Waals surface area contributed by atoms with Gasteiger partial charge in [0.05, 0.1) is 11.0 Å². The van der Waals surface area contributed by atoms with Gasteiger partial charge in [-0.05, 0) is 70.3 Å². The van der Waals surface area contributed by atoms with E-state index in [0.29, 0.717) is 0 Å². The van der Waals surface area contributed by atoms with E-state index in [1.807, 2.05) is 6.07 Å². The molecule has 0 N–H and O–H groups in total. The summed E-state index contributed by atoms with van der Waals surface area (Å²) in [5, 5.41) is 4.83. The van der Waals surface area contributed by atoms with Crippen molar-refractivity contribution in [2.24, 2.45) is 0 Å². The highest BCUT2D eigenvalue weighted by Gasteiger charge is 2.36. The first-order chi connectivity index (χ1) is 20.1. The van der Waals surface area contributed by atoms with Gasteiger partial charge in [-0.2, -0.15) is 0 Å². The topological polar surface area (TPSA) is 18.1 Å². The van der Waals surface area contributed by atoms with E-state index in [-0.39, 0.29) is 5.41 Å². The number of furan rings is 1. The minimum absolute atomic E-state index is 0.0554. The van der Waals surface area contributed by atoms with Gasteiger partial charge < -0.3 is 8.98 Å². The number of nitrogens with zero attached hydrogens (tertiary/aromatic N) is 1. The fourth-order valence-corrected chi connectivity index (χ4v) is 7.21. The molecular weight excluding hydrogens is 498 g/mol. The van der Waals surface area contributed by atoms with Crippen molar-refractivity contribution < 1.29 is 4.42 Å². The molecule has 2 aromatic heterocycles. The van der Waals surface area contributed by atoms with Gasteiger partial charge in [-0.25, -0.2) is 0 Å². The van der Waals surface area contributed by atoms with Crippen molar-refractivity contribution in [1.82, 2.24) is 4.57 Å². The van der Waals surface area contributed by atoms with Crippen molar-refractivity contribution in [3.8, 4) is 27.9 Å². The zero-order valence-electron chi connectivity index (χ0n) is 23.0. The molecule has 2 heterocycles. The van der Waals surface area contributed by atoms with Crippen LogP contribution in [0.3, 0.4) is 0 Å². The van der Waals surface area contributed by atoms with Gasteiger partial charge in [0.15, 0.2) is 0 Å². The second-order valence-electron chi connectivity index (χ2n) is 11.8. The predicted octanol–water partition coefficient (Wildman–Crippen LogP) is 10.7. The fourth-order valence-electron chi connectivity index (χ4n) is 7.21. The number of aromatic nitrogens is 1. The number of benzene rings is 6. The lowest BCUT2D eigenvalue weighted by molar-refractivity contribution is 0.661. The molecule has 0 bridgehead atoms. The van der Waals surface area contributed by atoms with E-state index in [1.165, 1.54) is 49.7 Å². The molecular formula is C39H27NO. The Balaban J connectivity index is 1.37. The highest BCUT2D eigenvalue weighted by molar-refractivity contribution is 6.14. The quantitative estimate of drug-likeness (QED) is 0.219. The van der Waals surface area contributed by atoms with Crippen LogP contribution in [-0.4, -0.2) is 4.57 Å². The average molecular weight is 526 g/mol. The van der Waals surface area contributed by atoms with E-state index in [4.69, 9.17) is 4.42 Å². The van der Waals surface area contributed by atoms with Crippen molar-refractivity contribution in [3.63, 3.8) is 0 Å². The molecule has 0 radical (unpaired) electrons. The molecule has 1 aliphatic rings. The predicted molar refractivity (Wildman–Crippen MR) is 171 cm³/mol. The maximum Gasteiger partial charge on any atom is 0.143 e. The summed E-state index contributed by atoms with van der Waals surface area (Å²) >= 11 is 0. The zero-order valence-corrected chi connectivity index (χ0v) is 23.0. The summed E-state index contributed by atoms with van der Waals surface area (Å²) in [7, 11) is 0. The van der Waals surface area contributed by atoms with Crippen LogP contribution in [0.2, 0.25) is 0 Å². The Labute approximate surface area is 238 Å². The van der Waals surface area contributed by atoms with E-state index in [9.17, 15) is 0 Å². The van der Waals surface area contributed by atoms with Gasteiger partial charge in [0.2, 0.25) is 0 Å². The summed E-state index contributed by atoms with van der Waals surface area (Å²) in [6.07, 6.45) is 0. The summed E-state index contributed by atoms with van der Waals surface area (Å²) in [6.45, 7) is 4.70. The number of hydrogen-bond donors (Lipinski definition) is 0. The third-order valence-electron chi connectivity index (χ3n) is 9.20. The van der Waals surface area contributed by atoms with Crippen molar-refractivity contribution in [2.75, 3.05) is 0 Å². The first kappa shape index (κ1) is 22.7. The Morgan fingerprint density at radius 2 is 1.24 bits per heavy atom. The van der Waals surface area contributed by atoms with Gasteiger partial charge in [0.25, 0.3) is 0 Å². The Kier molecular flexibility index (Phi) is 4.42. The SMILES string of the molecule is CC1(C)c2ccccc2-c2cc3c4cc(-c5cccc6c5oc5ccccc56)ccc4n(-c4ccccc4)c3cc21. The molecule has 0 amide bonds. The van der Waals surface area contributed by atoms with Crippen LogP contribution in [0.4, 0.5) is 0 Å². The van der Waals surface area contributed by atoms with Crippen molar-refractivity contribution in [2.45, 2.75) is 19.3 Å². The summed E-state index contributed by atoms with van der Waals surface area (Å²) in [5.74, 6) is 0. The largest absolute Gasteiger partial charge is 0.455 e. The van der Waals surface area contributed by atoms with E-state index in [1.54, 1.807) is 0 Å². The van der Waals surface area contributed by atoms with Crippen LogP contribution in [0.5, 0.6) is 0 Å². The Morgan fingerprint density at radius 1 is 0.512 bits per heavy atom. The van der Waals surface area contributed by atoms with Crippen molar-refractivity contribution >= 4 is 43.7 Å². The second kappa shape index (κ2) is 7.99. The Hall–Kier alpha value is -5.08. The minimum atomic E-state index is -0.0554. The average Bonchev–Trinajstić information content (AvgIpc) is 3.62. The van der Waals surface area contributed by atoms with E-state index < -0.39 is 0 Å². The first-order valence-corrected chi connectivity index (χ1v) is 14.3. The summed E-state index contributed by atoms with van der Waals surface area (Å²) in [6, 6.07) is 46.2. The van der Waals surface area contributed by atoms with Gasteiger partial charge in [0, 0.05) is 38.2 Å². The number of rotatable bonds is 2. The van der Waals surface area contributed by atoms with Gasteiger partial charge in [-0.1, -0.05) is 98.8 Å². The van der Waals surface area contributed by atoms with Gasteiger partial charge >= 0.3 is 0 Å². The third-order valence-corrected chi connectivity index (χ3v) is 9.20. The molecule has 0 unspecified atom stereocenters. The van der Waals surface area contributed by atoms with Crippen LogP contribution in [0.25, 0.3) is 71.7 Å². The van der Waals surface area contributed by atoms with E-state index >= 15 is 0 Å². The molecule has 1 aliphatic carbocycles. The molecule has 6 aromatic carbocycles. The number of hydrogen-bond acceptors (Lipinski definition) is 1. The van der Waals surface area contributed by atoms with Crippen LogP contribution < -0.4 is 0 Å². The van der Waals surface area contributed by atoms with Crippen LogP contribution in [-0.2, 0) is 5.41 Å². The molecule has 0 spiro atoms. The molecule has 2 nitrogen and oxygen atoms in total. The first-order valence-electron chi connectivity index (χ1n) is 14.3. The van der Waals surface area contributed by atoms with Crippen LogP contribution in [0.1, 0.15) is 25.0 Å². The molecule has 41 heavy (non-hydrogen) atoms. The van der Waals surface area contributed by atoms with E-state index in [0.717, 1.165) is 33.1 Å². The number of para-hydroxylation sites is 3. The number of fused-ring (bicyclic) bond motifs is 9. The summed E-state index contributed by atoms with van der Waals surface area (Å²) < 4.78 is 8.86. The summed E-state index contributed by atoms with van der Waals surface area (Å²) in [5.41, 5.74) is 13.2. The van der Waals surface area contributed by atoms with Crippen molar-refractivity contribution in [3.05, 3.63) is 139 Å². The Bertz CT molecular complexity index is 2330. The normalized spacial score (nSPS) is 13.8. The van der Waals surface area contributed by atoms with Gasteiger partial charge in [0.1, 0.15) is 11.2 Å². The van der Waals surface area contributed by atoms with Crippen LogP contribution in [0, 0.1) is 0 Å². The molecule has 0 fully saturated rings. The molecule has 2 heteroatoms. The molecule has 9 rings (SSSR count). The zero-order chi connectivity index (χ0) is 27.3. The lowest BCUT2D eigenvalue weighted by Crippen LogP contribution is -2.14. The standard InChI is InChI=1S/C39H27NO/c1-39(2)33-17-8-6-13-27(33)30-22-32-31-21-24(26-15-10-16-29-28-14-7-9-18-37(28)41-38(26)29)19-20-35(31)40(36(32)23-34(30)39)25-11-4-3-5-12-25/h3-23H,1-2H3. The molecule has 0 saturated carbocycles. The Morgan fingerprint density at radius 3 is 2.15 bits per heavy atom. The molecule has 194 valence electrons. The second-order valence-corrected chi connectivity index (χ2v) is 11.8. The highest BCUT2D eigenvalue weighted by atomic mass is 16.3.